The van der Waals surface area contributed by atoms with E-state index in [1.807, 2.05) is 20.8 Å². The first-order valence-corrected chi connectivity index (χ1v) is 6.62. The molecular weight excluding hydrogens is 214 g/mol. The Labute approximate surface area is 106 Å². The van der Waals surface area contributed by atoms with Crippen LogP contribution in [0.4, 0.5) is 0 Å². The Bertz CT molecular complexity index is 231. The van der Waals surface area contributed by atoms with Crippen molar-refractivity contribution in [1.29, 1.82) is 0 Å². The molecule has 0 spiro atoms. The summed E-state index contributed by atoms with van der Waals surface area (Å²) in [6.45, 7) is 12.9. The highest BCUT2D eigenvalue weighted by Gasteiger charge is 2.28. The molecule has 2 atom stereocenters. The molecule has 0 aliphatic heterocycles. The minimum absolute atomic E-state index is 0.237. The number of esters is 1. The predicted octanol–water partition coefficient (Wildman–Crippen LogP) is 2.98. The molecule has 0 aromatic heterocycles. The van der Waals surface area contributed by atoms with E-state index < -0.39 is 6.04 Å². The second-order valence-corrected chi connectivity index (χ2v) is 6.21. The highest BCUT2D eigenvalue weighted by atomic mass is 16.5. The number of carbonyl (C=O) groups excluding carboxylic acids is 1. The van der Waals surface area contributed by atoms with Gasteiger partial charge in [0.15, 0.2) is 0 Å². The molecule has 0 aromatic rings. The monoisotopic (exact) mass is 243 g/mol. The second kappa shape index (κ2) is 7.00. The summed E-state index contributed by atoms with van der Waals surface area (Å²) in [5.74, 6) is 0.972. The third-order valence-corrected chi connectivity index (χ3v) is 3.39. The van der Waals surface area contributed by atoms with Gasteiger partial charge in [-0.3, -0.25) is 4.79 Å². The van der Waals surface area contributed by atoms with Gasteiger partial charge in [0.25, 0.3) is 0 Å². The fraction of sp³-hybridized carbons (Fsp3) is 0.929. The van der Waals surface area contributed by atoms with E-state index in [0.29, 0.717) is 18.4 Å². The second-order valence-electron chi connectivity index (χ2n) is 6.21. The molecule has 0 aliphatic carbocycles. The molecule has 0 fully saturated rings. The molecule has 1 unspecified atom stereocenters. The van der Waals surface area contributed by atoms with Gasteiger partial charge >= 0.3 is 5.97 Å². The van der Waals surface area contributed by atoms with Crippen molar-refractivity contribution in [3.63, 3.8) is 0 Å². The van der Waals surface area contributed by atoms with Gasteiger partial charge in [0.1, 0.15) is 6.04 Å². The molecule has 0 bridgehead atoms. The fourth-order valence-corrected chi connectivity index (χ4v) is 1.76. The molecule has 3 heteroatoms. The van der Waals surface area contributed by atoms with Crippen LogP contribution in [-0.4, -0.2) is 18.6 Å². The fourth-order valence-electron chi connectivity index (χ4n) is 1.76. The zero-order valence-electron chi connectivity index (χ0n) is 12.2. The minimum atomic E-state index is -0.540. The SMILES string of the molecule is CCC(CCOC(=O)[C@H](N)C(C)(C)C)C(C)C. The zero-order valence-corrected chi connectivity index (χ0v) is 12.2. The summed E-state index contributed by atoms with van der Waals surface area (Å²) in [5, 5.41) is 0. The molecular formula is C14H29NO2. The number of carbonyl (C=O) groups is 1. The molecule has 2 N–H and O–H groups in total. The summed E-state index contributed by atoms with van der Waals surface area (Å²) >= 11 is 0. The lowest BCUT2D eigenvalue weighted by Crippen LogP contribution is -2.43. The van der Waals surface area contributed by atoms with Gasteiger partial charge in [-0.15, -0.1) is 0 Å². The number of hydrogen-bond donors (Lipinski definition) is 1. The molecule has 0 aliphatic rings. The standard InChI is InChI=1S/C14H29NO2/c1-7-11(10(2)3)8-9-17-13(16)12(15)14(4,5)6/h10-12H,7-9,15H2,1-6H3/t11?,12-/m0/s1. The zero-order chi connectivity index (χ0) is 13.6. The van der Waals surface area contributed by atoms with Crippen molar-refractivity contribution in [1.82, 2.24) is 0 Å². The van der Waals surface area contributed by atoms with Crippen molar-refractivity contribution in [3.8, 4) is 0 Å². The number of nitrogens with two attached hydrogens (primary N) is 1. The van der Waals surface area contributed by atoms with Crippen LogP contribution in [0.1, 0.15) is 54.4 Å². The Morgan fingerprint density at radius 3 is 2.18 bits per heavy atom. The van der Waals surface area contributed by atoms with Crippen LogP contribution >= 0.6 is 0 Å². The molecule has 3 nitrogen and oxygen atoms in total. The van der Waals surface area contributed by atoms with Gasteiger partial charge in [-0.2, -0.15) is 0 Å². The topological polar surface area (TPSA) is 52.3 Å². The van der Waals surface area contributed by atoms with Gasteiger partial charge in [-0.25, -0.2) is 0 Å². The van der Waals surface area contributed by atoms with Crippen LogP contribution in [0, 0.1) is 17.3 Å². The molecule has 0 saturated carbocycles. The third-order valence-electron chi connectivity index (χ3n) is 3.39. The van der Waals surface area contributed by atoms with E-state index in [0.717, 1.165) is 12.8 Å². The van der Waals surface area contributed by atoms with Crippen LogP contribution < -0.4 is 5.73 Å². The summed E-state index contributed by atoms with van der Waals surface area (Å²) in [4.78, 5) is 11.7. The minimum Gasteiger partial charge on any atom is -0.465 e. The Morgan fingerprint density at radius 2 is 1.82 bits per heavy atom. The highest BCUT2D eigenvalue weighted by molar-refractivity contribution is 5.76. The van der Waals surface area contributed by atoms with E-state index in [-0.39, 0.29) is 11.4 Å². The summed E-state index contributed by atoms with van der Waals surface area (Å²) in [5.41, 5.74) is 5.59. The van der Waals surface area contributed by atoms with E-state index in [1.54, 1.807) is 0 Å². The van der Waals surface area contributed by atoms with Crippen LogP contribution in [-0.2, 0) is 9.53 Å². The Morgan fingerprint density at radius 1 is 1.29 bits per heavy atom. The van der Waals surface area contributed by atoms with Gasteiger partial charge in [0.2, 0.25) is 0 Å². The average Bonchev–Trinajstić information content (AvgIpc) is 2.21. The first kappa shape index (κ1) is 16.4. The molecule has 0 rings (SSSR count). The van der Waals surface area contributed by atoms with Gasteiger partial charge in [0, 0.05) is 0 Å². The maximum atomic E-state index is 11.7. The van der Waals surface area contributed by atoms with Crippen LogP contribution in [0.15, 0.2) is 0 Å². The summed E-state index contributed by atoms with van der Waals surface area (Å²) < 4.78 is 5.25. The smallest absolute Gasteiger partial charge is 0.323 e. The van der Waals surface area contributed by atoms with E-state index in [4.69, 9.17) is 10.5 Å². The van der Waals surface area contributed by atoms with Crippen LogP contribution in [0.25, 0.3) is 0 Å². The van der Waals surface area contributed by atoms with Crippen molar-refractivity contribution >= 4 is 5.97 Å². The van der Waals surface area contributed by atoms with Crippen LogP contribution in [0.2, 0.25) is 0 Å². The van der Waals surface area contributed by atoms with Crippen LogP contribution in [0.3, 0.4) is 0 Å². The van der Waals surface area contributed by atoms with Crippen LogP contribution in [0.5, 0.6) is 0 Å². The van der Waals surface area contributed by atoms with Gasteiger partial charge in [-0.05, 0) is 23.7 Å². The predicted molar refractivity (Wildman–Crippen MR) is 71.6 cm³/mol. The Balaban J connectivity index is 4.01. The first-order valence-electron chi connectivity index (χ1n) is 6.62. The summed E-state index contributed by atoms with van der Waals surface area (Å²) in [7, 11) is 0. The van der Waals surface area contributed by atoms with E-state index in [9.17, 15) is 4.79 Å². The molecule has 17 heavy (non-hydrogen) atoms. The lowest BCUT2D eigenvalue weighted by Gasteiger charge is -2.25. The lowest BCUT2D eigenvalue weighted by atomic mass is 9.87. The maximum Gasteiger partial charge on any atom is 0.323 e. The first-order chi connectivity index (χ1) is 7.70. The van der Waals surface area contributed by atoms with Crippen molar-refractivity contribution in [2.45, 2.75) is 60.4 Å². The average molecular weight is 243 g/mol. The Kier molecular flexibility index (Phi) is 6.76. The largest absolute Gasteiger partial charge is 0.465 e. The van der Waals surface area contributed by atoms with Gasteiger partial charge in [0.05, 0.1) is 6.61 Å². The summed E-state index contributed by atoms with van der Waals surface area (Å²) in [6, 6.07) is -0.540. The molecule has 0 heterocycles. The molecule has 0 radical (unpaired) electrons. The Hall–Kier alpha value is -0.570. The molecule has 0 saturated heterocycles. The maximum absolute atomic E-state index is 11.7. The number of rotatable bonds is 6. The van der Waals surface area contributed by atoms with Gasteiger partial charge < -0.3 is 10.5 Å². The number of ether oxygens (including phenoxy) is 1. The van der Waals surface area contributed by atoms with Gasteiger partial charge in [-0.1, -0.05) is 48.0 Å². The van der Waals surface area contributed by atoms with Crippen molar-refractivity contribution in [2.24, 2.45) is 23.0 Å². The number of hydrogen-bond acceptors (Lipinski definition) is 3. The summed E-state index contributed by atoms with van der Waals surface area (Å²) in [6.07, 6.45) is 2.05. The normalized spacial score (nSPS) is 15.8. The highest BCUT2D eigenvalue weighted by Crippen LogP contribution is 2.20. The quantitative estimate of drug-likeness (QED) is 0.730. The van der Waals surface area contributed by atoms with E-state index in [2.05, 4.69) is 20.8 Å². The van der Waals surface area contributed by atoms with E-state index >= 15 is 0 Å². The van der Waals surface area contributed by atoms with Crippen molar-refractivity contribution < 1.29 is 9.53 Å². The van der Waals surface area contributed by atoms with E-state index in [1.165, 1.54) is 0 Å². The van der Waals surface area contributed by atoms with Crippen molar-refractivity contribution in [3.05, 3.63) is 0 Å². The molecule has 0 aromatic carbocycles. The lowest BCUT2D eigenvalue weighted by molar-refractivity contribution is -0.148. The third kappa shape index (κ3) is 6.06. The molecule has 102 valence electrons. The van der Waals surface area contributed by atoms with Crippen molar-refractivity contribution in [2.75, 3.05) is 6.61 Å². The molecule has 0 amide bonds.